The summed E-state index contributed by atoms with van der Waals surface area (Å²) in [5.41, 5.74) is 2.53. The van der Waals surface area contributed by atoms with Crippen LogP contribution in [0.1, 0.15) is 19.4 Å². The summed E-state index contributed by atoms with van der Waals surface area (Å²) < 4.78 is 26.5. The van der Waals surface area contributed by atoms with E-state index in [1.807, 2.05) is 32.0 Å². The van der Waals surface area contributed by atoms with Crippen LogP contribution in [0, 0.1) is 5.92 Å². The summed E-state index contributed by atoms with van der Waals surface area (Å²) in [7, 11) is -3.27. The molecule has 1 N–H and O–H groups in total. The van der Waals surface area contributed by atoms with E-state index in [1.54, 1.807) is 24.7 Å². The van der Waals surface area contributed by atoms with Crippen molar-refractivity contribution in [3.63, 3.8) is 0 Å². The zero-order valence-electron chi connectivity index (χ0n) is 12.2. The predicted molar refractivity (Wildman–Crippen MR) is 82.9 cm³/mol. The number of nitrogens with zero attached hydrogens (tertiary/aromatic N) is 2. The van der Waals surface area contributed by atoms with E-state index >= 15 is 0 Å². The molecule has 0 aliphatic carbocycles. The first kappa shape index (κ1) is 15.6. The summed E-state index contributed by atoms with van der Waals surface area (Å²) in [5, 5.41) is 0. The topological polar surface area (TPSA) is 72.0 Å². The minimum atomic E-state index is -3.27. The van der Waals surface area contributed by atoms with Crippen molar-refractivity contribution >= 4 is 10.0 Å². The van der Waals surface area contributed by atoms with Gasteiger partial charge in [0.25, 0.3) is 0 Å². The van der Waals surface area contributed by atoms with Crippen LogP contribution in [0.4, 0.5) is 0 Å². The van der Waals surface area contributed by atoms with Crippen LogP contribution in [0.2, 0.25) is 0 Å². The predicted octanol–water partition coefficient (Wildman–Crippen LogP) is 2.22. The van der Waals surface area contributed by atoms with Gasteiger partial charge in [-0.05, 0) is 29.7 Å². The smallest absolute Gasteiger partial charge is 0.212 e. The maximum atomic E-state index is 11.9. The average Bonchev–Trinajstić information content (AvgIpc) is 2.45. The van der Waals surface area contributed by atoms with Crippen LogP contribution in [-0.2, 0) is 16.6 Å². The largest absolute Gasteiger partial charge is 0.265 e. The highest BCUT2D eigenvalue weighted by molar-refractivity contribution is 7.89. The highest BCUT2D eigenvalue weighted by Gasteiger charge is 2.14. The lowest BCUT2D eigenvalue weighted by Crippen LogP contribution is -2.28. The molecule has 0 bridgehead atoms. The van der Waals surface area contributed by atoms with Gasteiger partial charge in [0.15, 0.2) is 0 Å². The Labute approximate surface area is 125 Å². The van der Waals surface area contributed by atoms with E-state index in [4.69, 9.17) is 0 Å². The van der Waals surface area contributed by atoms with Crippen LogP contribution in [0.15, 0.2) is 42.9 Å². The third-order valence-electron chi connectivity index (χ3n) is 2.88. The molecule has 2 heterocycles. The zero-order valence-corrected chi connectivity index (χ0v) is 13.0. The molecular formula is C15H19N3O2S. The normalized spacial score (nSPS) is 11.8. The SMILES string of the molecule is CC(C)CS(=O)(=O)NCc1cccnc1-c1ccncc1. The molecule has 0 spiro atoms. The van der Waals surface area contributed by atoms with Crippen LogP contribution in [0.5, 0.6) is 0 Å². The number of aromatic nitrogens is 2. The molecule has 0 aliphatic rings. The van der Waals surface area contributed by atoms with E-state index in [2.05, 4.69) is 14.7 Å². The summed E-state index contributed by atoms with van der Waals surface area (Å²) in [5.74, 6) is 0.216. The van der Waals surface area contributed by atoms with Crippen LogP contribution < -0.4 is 4.72 Å². The number of rotatable bonds is 6. The Morgan fingerprint density at radius 2 is 1.86 bits per heavy atom. The molecule has 6 heteroatoms. The van der Waals surface area contributed by atoms with Crippen molar-refractivity contribution in [2.24, 2.45) is 5.92 Å². The van der Waals surface area contributed by atoms with Gasteiger partial charge in [-0.3, -0.25) is 9.97 Å². The molecule has 0 radical (unpaired) electrons. The number of hydrogen-bond donors (Lipinski definition) is 1. The molecule has 0 fully saturated rings. The number of hydrogen-bond acceptors (Lipinski definition) is 4. The van der Waals surface area contributed by atoms with Crippen molar-refractivity contribution in [1.29, 1.82) is 0 Å². The van der Waals surface area contributed by atoms with E-state index in [0.29, 0.717) is 0 Å². The first-order valence-electron chi connectivity index (χ1n) is 6.79. The number of pyridine rings is 2. The summed E-state index contributed by atoms with van der Waals surface area (Å²) >= 11 is 0. The van der Waals surface area contributed by atoms with Gasteiger partial charge in [0.2, 0.25) is 10.0 Å². The second-order valence-corrected chi connectivity index (χ2v) is 7.09. The van der Waals surface area contributed by atoms with Gasteiger partial charge in [-0.1, -0.05) is 19.9 Å². The lowest BCUT2D eigenvalue weighted by Gasteiger charge is -2.11. The highest BCUT2D eigenvalue weighted by Crippen LogP contribution is 2.20. The molecular weight excluding hydrogens is 286 g/mol. The fourth-order valence-corrected chi connectivity index (χ4v) is 3.41. The van der Waals surface area contributed by atoms with Crippen molar-refractivity contribution in [2.75, 3.05) is 5.75 Å². The molecule has 0 saturated carbocycles. The molecule has 2 aromatic heterocycles. The summed E-state index contributed by atoms with van der Waals surface area (Å²) in [4.78, 5) is 8.33. The second-order valence-electron chi connectivity index (χ2n) is 5.24. The molecule has 21 heavy (non-hydrogen) atoms. The minimum Gasteiger partial charge on any atom is -0.265 e. The van der Waals surface area contributed by atoms with E-state index < -0.39 is 10.0 Å². The molecule has 112 valence electrons. The van der Waals surface area contributed by atoms with Crippen molar-refractivity contribution in [3.8, 4) is 11.3 Å². The summed E-state index contributed by atoms with van der Waals surface area (Å²) in [6.07, 6.45) is 5.08. The number of nitrogens with one attached hydrogen (secondary N) is 1. The van der Waals surface area contributed by atoms with Gasteiger partial charge < -0.3 is 0 Å². The Bertz CT molecular complexity index is 685. The molecule has 2 aromatic rings. The van der Waals surface area contributed by atoms with Crippen LogP contribution in [-0.4, -0.2) is 24.1 Å². The standard InChI is InChI=1S/C15H19N3O2S/c1-12(2)11-21(19,20)18-10-14-4-3-7-17-15(14)13-5-8-16-9-6-13/h3-9,12,18H,10-11H2,1-2H3. The lowest BCUT2D eigenvalue weighted by atomic mass is 10.1. The summed E-state index contributed by atoms with van der Waals surface area (Å²) in [6, 6.07) is 7.39. The lowest BCUT2D eigenvalue weighted by molar-refractivity contribution is 0.568. The summed E-state index contributed by atoms with van der Waals surface area (Å²) in [6.45, 7) is 4.00. The Morgan fingerprint density at radius 1 is 1.14 bits per heavy atom. The fraction of sp³-hybridized carbons (Fsp3) is 0.333. The minimum absolute atomic E-state index is 0.0936. The molecule has 0 saturated heterocycles. The monoisotopic (exact) mass is 305 g/mol. The first-order valence-corrected chi connectivity index (χ1v) is 8.45. The Kier molecular flexibility index (Phi) is 5.03. The fourth-order valence-electron chi connectivity index (χ4n) is 2.04. The molecule has 2 rings (SSSR count). The van der Waals surface area contributed by atoms with Crippen molar-refractivity contribution in [3.05, 3.63) is 48.4 Å². The van der Waals surface area contributed by atoms with Crippen LogP contribution in [0.3, 0.4) is 0 Å². The second kappa shape index (κ2) is 6.78. The third-order valence-corrected chi connectivity index (χ3v) is 4.57. The van der Waals surface area contributed by atoms with Crippen LogP contribution >= 0.6 is 0 Å². The maximum Gasteiger partial charge on any atom is 0.212 e. The quantitative estimate of drug-likeness (QED) is 0.888. The van der Waals surface area contributed by atoms with Gasteiger partial charge in [-0.25, -0.2) is 13.1 Å². The highest BCUT2D eigenvalue weighted by atomic mass is 32.2. The van der Waals surface area contributed by atoms with E-state index in [-0.39, 0.29) is 18.2 Å². The Morgan fingerprint density at radius 3 is 2.52 bits per heavy atom. The maximum absolute atomic E-state index is 11.9. The van der Waals surface area contributed by atoms with Crippen molar-refractivity contribution in [1.82, 2.24) is 14.7 Å². The van der Waals surface area contributed by atoms with Crippen molar-refractivity contribution in [2.45, 2.75) is 20.4 Å². The van der Waals surface area contributed by atoms with Gasteiger partial charge >= 0.3 is 0 Å². The van der Waals surface area contributed by atoms with E-state index in [9.17, 15) is 8.42 Å². The van der Waals surface area contributed by atoms with Crippen molar-refractivity contribution < 1.29 is 8.42 Å². The molecule has 0 atom stereocenters. The van der Waals surface area contributed by atoms with Gasteiger partial charge in [-0.2, -0.15) is 0 Å². The van der Waals surface area contributed by atoms with E-state index in [1.165, 1.54) is 0 Å². The van der Waals surface area contributed by atoms with Gasteiger partial charge in [-0.15, -0.1) is 0 Å². The Hall–Kier alpha value is -1.79. The first-order chi connectivity index (χ1) is 9.98. The van der Waals surface area contributed by atoms with Gasteiger partial charge in [0.05, 0.1) is 11.4 Å². The molecule has 0 aliphatic heterocycles. The van der Waals surface area contributed by atoms with Gasteiger partial charge in [0, 0.05) is 30.7 Å². The molecule has 0 amide bonds. The Balaban J connectivity index is 2.19. The molecule has 0 aromatic carbocycles. The third kappa shape index (κ3) is 4.61. The molecule has 0 unspecified atom stereocenters. The number of sulfonamides is 1. The van der Waals surface area contributed by atoms with E-state index in [0.717, 1.165) is 16.8 Å². The molecule has 5 nitrogen and oxygen atoms in total. The van der Waals surface area contributed by atoms with Crippen LogP contribution in [0.25, 0.3) is 11.3 Å². The van der Waals surface area contributed by atoms with Gasteiger partial charge in [0.1, 0.15) is 0 Å². The average molecular weight is 305 g/mol. The zero-order chi connectivity index (χ0) is 15.3.